The quantitative estimate of drug-likeness (QED) is 0.509. The predicted molar refractivity (Wildman–Crippen MR) is 135 cm³/mol. The normalized spacial score (nSPS) is 14.9. The fraction of sp³-hybridized carbons (Fsp3) is 0.462. The molecule has 1 fully saturated rings. The summed E-state index contributed by atoms with van der Waals surface area (Å²) in [5, 5.41) is 3.07. The van der Waals surface area contributed by atoms with Crippen LogP contribution in [-0.2, 0) is 26.0 Å². The van der Waals surface area contributed by atoms with Gasteiger partial charge in [-0.25, -0.2) is 12.8 Å². The van der Waals surface area contributed by atoms with E-state index in [0.29, 0.717) is 12.8 Å². The molecule has 7 nitrogen and oxygen atoms in total. The summed E-state index contributed by atoms with van der Waals surface area (Å²) < 4.78 is 39.8. The monoisotopic (exact) mass is 503 g/mol. The van der Waals surface area contributed by atoms with E-state index in [9.17, 15) is 22.4 Å². The van der Waals surface area contributed by atoms with E-state index in [1.807, 2.05) is 37.3 Å². The molecule has 190 valence electrons. The second-order valence-electron chi connectivity index (χ2n) is 8.99. The standard InChI is InChI=1S/C26H34FN3O4S/c1-3-24(26(32)28-22-13-7-8-14-22)29(17-16-20-10-5-4-6-11-20)25(31)19-30(35(2,33)34)23-15-9-12-21(27)18-23/h4-6,9-12,15,18,22,24H,3,7-8,13-14,16-17,19H2,1-2H3,(H,28,32)/t24-/m1/s1. The molecule has 9 heteroatoms. The van der Waals surface area contributed by atoms with Crippen LogP contribution in [0.15, 0.2) is 54.6 Å². The van der Waals surface area contributed by atoms with Gasteiger partial charge in [-0.1, -0.05) is 56.2 Å². The molecule has 35 heavy (non-hydrogen) atoms. The van der Waals surface area contributed by atoms with Gasteiger partial charge in [-0.05, 0) is 49.4 Å². The Bertz CT molecular complexity index is 1100. The summed E-state index contributed by atoms with van der Waals surface area (Å²) in [6.07, 6.45) is 5.84. The summed E-state index contributed by atoms with van der Waals surface area (Å²) in [6, 6.07) is 14.1. The van der Waals surface area contributed by atoms with E-state index >= 15 is 0 Å². The number of carbonyl (C=O) groups excluding carboxylic acids is 2. The largest absolute Gasteiger partial charge is 0.352 e. The van der Waals surface area contributed by atoms with Gasteiger partial charge in [0.25, 0.3) is 0 Å². The number of amides is 2. The van der Waals surface area contributed by atoms with E-state index in [4.69, 9.17) is 0 Å². The fourth-order valence-electron chi connectivity index (χ4n) is 4.51. The third kappa shape index (κ3) is 7.52. The lowest BCUT2D eigenvalue weighted by atomic mass is 10.1. The van der Waals surface area contributed by atoms with Gasteiger partial charge in [-0.2, -0.15) is 0 Å². The Morgan fingerprint density at radius 2 is 1.77 bits per heavy atom. The minimum Gasteiger partial charge on any atom is -0.352 e. The van der Waals surface area contributed by atoms with Gasteiger partial charge in [-0.3, -0.25) is 13.9 Å². The molecule has 0 aliphatic heterocycles. The fourth-order valence-corrected chi connectivity index (χ4v) is 5.35. The number of nitrogens with one attached hydrogen (secondary N) is 1. The third-order valence-corrected chi connectivity index (χ3v) is 7.49. The molecule has 1 aliphatic rings. The average molecular weight is 504 g/mol. The lowest BCUT2D eigenvalue weighted by Gasteiger charge is -2.33. The number of rotatable bonds is 11. The van der Waals surface area contributed by atoms with Crippen molar-refractivity contribution in [3.63, 3.8) is 0 Å². The van der Waals surface area contributed by atoms with E-state index in [1.54, 1.807) is 0 Å². The number of anilines is 1. The van der Waals surface area contributed by atoms with Crippen molar-refractivity contribution in [2.45, 2.75) is 57.5 Å². The Morgan fingerprint density at radius 3 is 2.37 bits per heavy atom. The lowest BCUT2D eigenvalue weighted by molar-refractivity contribution is -0.139. The summed E-state index contributed by atoms with van der Waals surface area (Å²) in [6.45, 7) is 1.56. The lowest BCUT2D eigenvalue weighted by Crippen LogP contribution is -2.54. The van der Waals surface area contributed by atoms with E-state index < -0.39 is 34.3 Å². The zero-order chi connectivity index (χ0) is 25.4. The molecule has 0 aromatic heterocycles. The van der Waals surface area contributed by atoms with Crippen LogP contribution in [0.1, 0.15) is 44.6 Å². The number of nitrogens with zero attached hydrogens (tertiary/aromatic N) is 2. The molecule has 0 unspecified atom stereocenters. The van der Waals surface area contributed by atoms with Crippen molar-refractivity contribution in [2.75, 3.05) is 23.7 Å². The summed E-state index contributed by atoms with van der Waals surface area (Å²) >= 11 is 0. The number of hydrogen-bond donors (Lipinski definition) is 1. The first-order chi connectivity index (χ1) is 16.7. The molecule has 1 aliphatic carbocycles. The molecule has 3 rings (SSSR count). The zero-order valence-corrected chi connectivity index (χ0v) is 21.1. The minimum atomic E-state index is -3.88. The number of sulfonamides is 1. The molecule has 0 saturated heterocycles. The Labute approximate surface area is 207 Å². The van der Waals surface area contributed by atoms with Gasteiger partial charge in [0, 0.05) is 12.6 Å². The number of carbonyl (C=O) groups is 2. The van der Waals surface area contributed by atoms with Gasteiger partial charge in [-0.15, -0.1) is 0 Å². The molecular weight excluding hydrogens is 469 g/mol. The van der Waals surface area contributed by atoms with Gasteiger partial charge < -0.3 is 10.2 Å². The molecule has 1 saturated carbocycles. The highest BCUT2D eigenvalue weighted by atomic mass is 32.2. The second-order valence-corrected chi connectivity index (χ2v) is 10.9. The Balaban J connectivity index is 1.86. The molecule has 0 bridgehead atoms. The molecule has 2 aromatic carbocycles. The molecule has 0 heterocycles. The first-order valence-electron chi connectivity index (χ1n) is 12.1. The van der Waals surface area contributed by atoms with Crippen LogP contribution in [-0.4, -0.2) is 56.6 Å². The highest BCUT2D eigenvalue weighted by Gasteiger charge is 2.32. The van der Waals surface area contributed by atoms with Crippen LogP contribution in [0.5, 0.6) is 0 Å². The van der Waals surface area contributed by atoms with Crippen molar-refractivity contribution >= 4 is 27.5 Å². The number of hydrogen-bond acceptors (Lipinski definition) is 4. The van der Waals surface area contributed by atoms with Crippen LogP contribution in [0.25, 0.3) is 0 Å². The maximum atomic E-state index is 13.8. The van der Waals surface area contributed by atoms with Crippen molar-refractivity contribution in [1.29, 1.82) is 0 Å². The van der Waals surface area contributed by atoms with Gasteiger partial charge in [0.15, 0.2) is 0 Å². The number of halogens is 1. The molecular formula is C26H34FN3O4S. The van der Waals surface area contributed by atoms with E-state index in [2.05, 4.69) is 5.32 Å². The van der Waals surface area contributed by atoms with Gasteiger partial charge >= 0.3 is 0 Å². The maximum absolute atomic E-state index is 13.8. The van der Waals surface area contributed by atoms with Crippen molar-refractivity contribution in [3.05, 3.63) is 66.0 Å². The van der Waals surface area contributed by atoms with Crippen molar-refractivity contribution in [3.8, 4) is 0 Å². The van der Waals surface area contributed by atoms with Crippen LogP contribution in [0, 0.1) is 5.82 Å². The summed E-state index contributed by atoms with van der Waals surface area (Å²) in [5.41, 5.74) is 1.06. The van der Waals surface area contributed by atoms with Crippen LogP contribution in [0.3, 0.4) is 0 Å². The minimum absolute atomic E-state index is 0.0623. The molecule has 2 aromatic rings. The Morgan fingerprint density at radius 1 is 1.09 bits per heavy atom. The maximum Gasteiger partial charge on any atom is 0.244 e. The topological polar surface area (TPSA) is 86.8 Å². The molecule has 1 atom stereocenters. The molecule has 0 radical (unpaired) electrons. The van der Waals surface area contributed by atoms with Crippen molar-refractivity contribution < 1.29 is 22.4 Å². The summed E-state index contributed by atoms with van der Waals surface area (Å²) in [5.74, 6) is -1.34. The predicted octanol–water partition coefficient (Wildman–Crippen LogP) is 3.50. The van der Waals surface area contributed by atoms with Crippen LogP contribution < -0.4 is 9.62 Å². The summed E-state index contributed by atoms with van der Waals surface area (Å²) in [7, 11) is -3.88. The first-order valence-corrected chi connectivity index (χ1v) is 13.9. The van der Waals surface area contributed by atoms with Gasteiger partial charge in [0.2, 0.25) is 21.8 Å². The number of benzene rings is 2. The SMILES string of the molecule is CC[C@H](C(=O)NC1CCCC1)N(CCc1ccccc1)C(=O)CN(c1cccc(F)c1)S(C)(=O)=O. The first kappa shape index (κ1) is 26.7. The van der Waals surface area contributed by atoms with Gasteiger partial charge in [0.05, 0.1) is 11.9 Å². The Kier molecular flexibility index (Phi) is 9.26. The van der Waals surface area contributed by atoms with E-state index in [0.717, 1.165) is 47.9 Å². The van der Waals surface area contributed by atoms with E-state index in [-0.39, 0.29) is 24.2 Å². The smallest absolute Gasteiger partial charge is 0.244 e. The third-order valence-electron chi connectivity index (χ3n) is 6.35. The average Bonchev–Trinajstić information content (AvgIpc) is 3.32. The van der Waals surface area contributed by atoms with Gasteiger partial charge in [0.1, 0.15) is 18.4 Å². The zero-order valence-electron chi connectivity index (χ0n) is 20.3. The second kappa shape index (κ2) is 12.2. The highest BCUT2D eigenvalue weighted by Crippen LogP contribution is 2.21. The van der Waals surface area contributed by atoms with Crippen LogP contribution in [0.4, 0.5) is 10.1 Å². The van der Waals surface area contributed by atoms with Crippen LogP contribution >= 0.6 is 0 Å². The highest BCUT2D eigenvalue weighted by molar-refractivity contribution is 7.92. The van der Waals surface area contributed by atoms with Crippen molar-refractivity contribution in [1.82, 2.24) is 10.2 Å². The van der Waals surface area contributed by atoms with Crippen LogP contribution in [0.2, 0.25) is 0 Å². The molecule has 2 amide bonds. The van der Waals surface area contributed by atoms with E-state index in [1.165, 1.54) is 23.1 Å². The molecule has 0 spiro atoms. The Hall–Kier alpha value is -2.94. The molecule has 1 N–H and O–H groups in total. The van der Waals surface area contributed by atoms with Crippen molar-refractivity contribution in [2.24, 2.45) is 0 Å². The summed E-state index contributed by atoms with van der Waals surface area (Å²) in [4.78, 5) is 28.2.